The fourth-order valence-corrected chi connectivity index (χ4v) is 5.17. The zero-order valence-electron chi connectivity index (χ0n) is 20.4. The zero-order valence-corrected chi connectivity index (χ0v) is 21.2. The number of nitrogens with one attached hydrogen (secondary N) is 1. The first-order chi connectivity index (χ1) is 17.5. The van der Waals surface area contributed by atoms with Crippen LogP contribution in [0.25, 0.3) is 17.0 Å². The number of thiocarbonyl (C=S) groups is 1. The van der Waals surface area contributed by atoms with Crippen LogP contribution in [-0.2, 0) is 16.1 Å². The van der Waals surface area contributed by atoms with Crippen molar-refractivity contribution in [1.82, 2.24) is 14.8 Å². The monoisotopic (exact) mass is 502 g/mol. The van der Waals surface area contributed by atoms with E-state index in [1.54, 1.807) is 0 Å². The molecule has 1 N–H and O–H groups in total. The molecule has 36 heavy (non-hydrogen) atoms. The summed E-state index contributed by atoms with van der Waals surface area (Å²) in [6, 6.07) is 15.2. The molecule has 5 rings (SSSR count). The second-order valence-electron chi connectivity index (χ2n) is 9.08. The Morgan fingerprint density at radius 3 is 2.50 bits per heavy atom. The van der Waals surface area contributed by atoms with Gasteiger partial charge in [0.1, 0.15) is 18.0 Å². The van der Waals surface area contributed by atoms with Crippen LogP contribution >= 0.6 is 12.2 Å². The molecule has 0 spiro atoms. The van der Waals surface area contributed by atoms with Gasteiger partial charge in [-0.15, -0.1) is 0 Å². The molecule has 3 aromatic rings. The van der Waals surface area contributed by atoms with E-state index in [-0.39, 0.29) is 18.4 Å². The highest BCUT2D eigenvalue weighted by atomic mass is 32.1. The SMILES string of the molecule is CCOc1ccc(N2C(=O)/C(=C/c3cn(CC(=O)N4CCCCCC4)c4ccccc34)NC2=S)cc1. The van der Waals surface area contributed by atoms with E-state index >= 15 is 0 Å². The van der Waals surface area contributed by atoms with Gasteiger partial charge in [-0.2, -0.15) is 0 Å². The maximum absolute atomic E-state index is 13.3. The Bertz CT molecular complexity index is 1320. The quantitative estimate of drug-likeness (QED) is 0.391. The second kappa shape index (κ2) is 10.5. The van der Waals surface area contributed by atoms with Crippen molar-refractivity contribution in [3.05, 3.63) is 66.0 Å². The standard InChI is InChI=1S/C28H30N4O3S/c1-2-35-22-13-11-21(12-14-22)32-27(34)24(29-28(32)36)17-20-18-31(25-10-6-5-9-23(20)25)19-26(33)30-15-7-3-4-8-16-30/h5-6,9-14,17-18H,2-4,7-8,15-16,19H2,1H3,(H,29,36)/b24-17-. The first-order valence-corrected chi connectivity index (χ1v) is 12.9. The molecule has 2 saturated heterocycles. The zero-order chi connectivity index (χ0) is 25.1. The van der Waals surface area contributed by atoms with Crippen molar-refractivity contribution in [1.29, 1.82) is 0 Å². The Balaban J connectivity index is 1.41. The summed E-state index contributed by atoms with van der Waals surface area (Å²) in [6.07, 6.45) is 8.26. The molecule has 2 aliphatic rings. The molecule has 2 aromatic carbocycles. The first-order valence-electron chi connectivity index (χ1n) is 12.5. The average Bonchev–Trinajstić information content (AvgIpc) is 3.20. The van der Waals surface area contributed by atoms with Crippen LogP contribution in [-0.4, -0.2) is 46.1 Å². The predicted octanol–water partition coefficient (Wildman–Crippen LogP) is 4.70. The van der Waals surface area contributed by atoms with Crippen LogP contribution in [0.3, 0.4) is 0 Å². The molecule has 3 heterocycles. The maximum atomic E-state index is 13.3. The van der Waals surface area contributed by atoms with Gasteiger partial charge in [0.15, 0.2) is 5.11 Å². The lowest BCUT2D eigenvalue weighted by Gasteiger charge is -2.20. The summed E-state index contributed by atoms with van der Waals surface area (Å²) in [4.78, 5) is 29.8. The molecular weight excluding hydrogens is 472 g/mol. The molecule has 0 unspecified atom stereocenters. The highest BCUT2D eigenvalue weighted by Gasteiger charge is 2.32. The summed E-state index contributed by atoms with van der Waals surface area (Å²) in [7, 11) is 0. The van der Waals surface area contributed by atoms with Gasteiger partial charge in [-0.3, -0.25) is 14.5 Å². The number of aromatic nitrogens is 1. The molecule has 0 bridgehead atoms. The number of anilines is 1. The third-order valence-corrected chi connectivity index (χ3v) is 6.95. The lowest BCUT2D eigenvalue weighted by molar-refractivity contribution is -0.131. The molecule has 8 heteroatoms. The molecule has 7 nitrogen and oxygen atoms in total. The molecule has 0 saturated carbocycles. The fraction of sp³-hybridized carbons (Fsp3) is 0.321. The van der Waals surface area contributed by atoms with E-state index in [1.807, 2.05) is 77.2 Å². The number of rotatable bonds is 6. The third kappa shape index (κ3) is 4.86. The van der Waals surface area contributed by atoms with Crippen LogP contribution in [0.2, 0.25) is 0 Å². The molecule has 0 atom stereocenters. The van der Waals surface area contributed by atoms with Crippen molar-refractivity contribution in [3.8, 4) is 5.75 Å². The van der Waals surface area contributed by atoms with Crippen LogP contribution in [0.1, 0.15) is 38.2 Å². The Morgan fingerprint density at radius 1 is 1.06 bits per heavy atom. The summed E-state index contributed by atoms with van der Waals surface area (Å²) >= 11 is 5.48. The number of hydrogen-bond acceptors (Lipinski definition) is 4. The number of para-hydroxylation sites is 1. The van der Waals surface area contributed by atoms with Crippen molar-refractivity contribution < 1.29 is 14.3 Å². The predicted molar refractivity (Wildman–Crippen MR) is 146 cm³/mol. The molecule has 2 amide bonds. The van der Waals surface area contributed by atoms with Crippen LogP contribution in [0.5, 0.6) is 5.75 Å². The molecule has 0 aliphatic carbocycles. The minimum absolute atomic E-state index is 0.134. The van der Waals surface area contributed by atoms with Gasteiger partial charge < -0.3 is 19.5 Å². The number of benzene rings is 2. The van der Waals surface area contributed by atoms with Gasteiger partial charge in [0.05, 0.1) is 12.3 Å². The van der Waals surface area contributed by atoms with E-state index in [2.05, 4.69) is 5.32 Å². The second-order valence-corrected chi connectivity index (χ2v) is 9.47. The summed E-state index contributed by atoms with van der Waals surface area (Å²) in [5, 5.41) is 4.38. The van der Waals surface area contributed by atoms with E-state index in [0.29, 0.717) is 23.1 Å². The van der Waals surface area contributed by atoms with Crippen molar-refractivity contribution in [2.45, 2.75) is 39.2 Å². The Hall–Kier alpha value is -3.65. The van der Waals surface area contributed by atoms with Crippen molar-refractivity contribution >= 4 is 51.8 Å². The minimum atomic E-state index is -0.221. The average molecular weight is 503 g/mol. The molecule has 186 valence electrons. The van der Waals surface area contributed by atoms with Gasteiger partial charge >= 0.3 is 0 Å². The van der Waals surface area contributed by atoms with Crippen molar-refractivity contribution in [3.63, 3.8) is 0 Å². The van der Waals surface area contributed by atoms with Gasteiger partial charge in [-0.05, 0) is 68.4 Å². The largest absolute Gasteiger partial charge is 0.494 e. The topological polar surface area (TPSA) is 66.8 Å². The van der Waals surface area contributed by atoms with E-state index in [0.717, 1.165) is 48.1 Å². The van der Waals surface area contributed by atoms with Crippen LogP contribution in [0.4, 0.5) is 5.69 Å². The highest BCUT2D eigenvalue weighted by molar-refractivity contribution is 7.80. The Labute approximate surface area is 216 Å². The smallest absolute Gasteiger partial charge is 0.281 e. The normalized spacial score (nSPS) is 17.5. The summed E-state index contributed by atoms with van der Waals surface area (Å²) < 4.78 is 7.48. The van der Waals surface area contributed by atoms with Crippen LogP contribution in [0, 0.1) is 0 Å². The number of nitrogens with zero attached hydrogens (tertiary/aromatic N) is 3. The minimum Gasteiger partial charge on any atom is -0.494 e. The number of likely N-dealkylation sites (tertiary alicyclic amines) is 1. The first kappa shape index (κ1) is 24.1. The van der Waals surface area contributed by atoms with Crippen molar-refractivity contribution in [2.24, 2.45) is 0 Å². The number of carbonyl (C=O) groups is 2. The van der Waals surface area contributed by atoms with Gasteiger partial charge in [-0.1, -0.05) is 31.0 Å². The highest BCUT2D eigenvalue weighted by Crippen LogP contribution is 2.28. The van der Waals surface area contributed by atoms with Gasteiger partial charge in [0.25, 0.3) is 5.91 Å². The van der Waals surface area contributed by atoms with E-state index in [4.69, 9.17) is 17.0 Å². The Morgan fingerprint density at radius 2 is 1.78 bits per heavy atom. The van der Waals surface area contributed by atoms with E-state index < -0.39 is 0 Å². The number of carbonyl (C=O) groups excluding carboxylic acids is 2. The lowest BCUT2D eigenvalue weighted by Crippen LogP contribution is -2.34. The fourth-order valence-electron chi connectivity index (χ4n) is 4.87. The number of hydrogen-bond donors (Lipinski definition) is 1. The summed E-state index contributed by atoms with van der Waals surface area (Å²) in [5.41, 5.74) is 2.90. The van der Waals surface area contributed by atoms with Crippen molar-refractivity contribution in [2.75, 3.05) is 24.6 Å². The molecule has 2 aliphatic heterocycles. The van der Waals surface area contributed by atoms with Gasteiger partial charge in [0, 0.05) is 35.8 Å². The summed E-state index contributed by atoms with van der Waals surface area (Å²) in [5.74, 6) is 0.654. The number of ether oxygens (including phenoxy) is 1. The molecule has 0 radical (unpaired) electrons. The maximum Gasteiger partial charge on any atom is 0.281 e. The van der Waals surface area contributed by atoms with E-state index in [1.165, 1.54) is 17.7 Å². The Kier molecular flexibility index (Phi) is 7.04. The van der Waals surface area contributed by atoms with Crippen LogP contribution in [0.15, 0.2) is 60.4 Å². The van der Waals surface area contributed by atoms with Gasteiger partial charge in [-0.25, -0.2) is 0 Å². The van der Waals surface area contributed by atoms with E-state index in [9.17, 15) is 9.59 Å². The van der Waals surface area contributed by atoms with Gasteiger partial charge in [0.2, 0.25) is 5.91 Å². The molecular formula is C28H30N4O3S. The third-order valence-electron chi connectivity index (χ3n) is 6.67. The van der Waals surface area contributed by atoms with Crippen LogP contribution < -0.4 is 15.0 Å². The molecule has 1 aromatic heterocycles. The number of amides is 2. The number of fused-ring (bicyclic) bond motifs is 1. The molecule has 2 fully saturated rings. The lowest BCUT2D eigenvalue weighted by atomic mass is 10.1. The summed E-state index contributed by atoms with van der Waals surface area (Å²) in [6.45, 7) is 4.43.